The van der Waals surface area contributed by atoms with Crippen molar-refractivity contribution in [2.75, 3.05) is 0 Å². The van der Waals surface area contributed by atoms with E-state index in [-0.39, 0.29) is 0 Å². The van der Waals surface area contributed by atoms with Crippen LogP contribution in [0.25, 0.3) is 11.1 Å². The quantitative estimate of drug-likeness (QED) is 0.903. The van der Waals surface area contributed by atoms with Crippen molar-refractivity contribution in [1.82, 2.24) is 9.78 Å². The molecular formula is C14H16N2O2. The minimum absolute atomic E-state index is 0.316. The van der Waals surface area contributed by atoms with Crippen molar-refractivity contribution in [3.8, 4) is 11.1 Å². The molecule has 0 unspecified atom stereocenters. The molecule has 1 N–H and O–H groups in total. The van der Waals surface area contributed by atoms with E-state index < -0.39 is 5.97 Å². The first kappa shape index (κ1) is 12.4. The van der Waals surface area contributed by atoms with Crippen LogP contribution in [0.2, 0.25) is 0 Å². The van der Waals surface area contributed by atoms with Crippen LogP contribution in [0.1, 0.15) is 28.5 Å². The minimum atomic E-state index is -0.898. The van der Waals surface area contributed by atoms with E-state index >= 15 is 0 Å². The standard InChI is InChI=1S/C14H16N2O2/c1-4-16-10(3)13(8-15-16)12-6-5-11(14(17)18)7-9(12)2/h5-8H,4H2,1-3H3,(H,17,18). The molecule has 0 saturated carbocycles. The highest BCUT2D eigenvalue weighted by Crippen LogP contribution is 2.27. The first-order valence-corrected chi connectivity index (χ1v) is 5.91. The Balaban J connectivity index is 2.51. The van der Waals surface area contributed by atoms with Gasteiger partial charge in [0, 0.05) is 17.8 Å². The highest BCUT2D eigenvalue weighted by Gasteiger charge is 2.11. The molecule has 1 aromatic carbocycles. The fraction of sp³-hybridized carbons (Fsp3) is 0.286. The number of carboxylic acid groups (broad SMARTS) is 1. The van der Waals surface area contributed by atoms with Gasteiger partial charge < -0.3 is 5.11 Å². The molecule has 2 aromatic rings. The third kappa shape index (κ3) is 2.01. The van der Waals surface area contributed by atoms with E-state index in [1.54, 1.807) is 12.1 Å². The van der Waals surface area contributed by atoms with Crippen LogP contribution in [0.5, 0.6) is 0 Å². The summed E-state index contributed by atoms with van der Waals surface area (Å²) in [6.07, 6.45) is 1.83. The molecule has 0 aliphatic carbocycles. The summed E-state index contributed by atoms with van der Waals surface area (Å²) in [6, 6.07) is 5.18. The van der Waals surface area contributed by atoms with Gasteiger partial charge in [-0.3, -0.25) is 4.68 Å². The largest absolute Gasteiger partial charge is 0.478 e. The fourth-order valence-corrected chi connectivity index (χ4v) is 2.13. The van der Waals surface area contributed by atoms with Gasteiger partial charge in [-0.1, -0.05) is 6.07 Å². The molecular weight excluding hydrogens is 228 g/mol. The van der Waals surface area contributed by atoms with Gasteiger partial charge in [0.05, 0.1) is 11.8 Å². The molecule has 4 nitrogen and oxygen atoms in total. The summed E-state index contributed by atoms with van der Waals surface area (Å²) in [7, 11) is 0. The summed E-state index contributed by atoms with van der Waals surface area (Å²) in [5.74, 6) is -0.898. The van der Waals surface area contributed by atoms with Crippen molar-refractivity contribution < 1.29 is 9.90 Å². The van der Waals surface area contributed by atoms with E-state index in [4.69, 9.17) is 5.11 Å². The second-order valence-electron chi connectivity index (χ2n) is 4.29. The number of hydrogen-bond donors (Lipinski definition) is 1. The average Bonchev–Trinajstić information content (AvgIpc) is 2.70. The number of carboxylic acids is 1. The lowest BCUT2D eigenvalue weighted by atomic mass is 9.99. The summed E-state index contributed by atoms with van der Waals surface area (Å²) in [4.78, 5) is 10.9. The third-order valence-corrected chi connectivity index (χ3v) is 3.17. The predicted molar refractivity (Wildman–Crippen MR) is 69.8 cm³/mol. The highest BCUT2D eigenvalue weighted by molar-refractivity contribution is 5.89. The van der Waals surface area contributed by atoms with Crippen molar-refractivity contribution >= 4 is 5.97 Å². The Labute approximate surface area is 106 Å². The van der Waals surface area contributed by atoms with Crippen molar-refractivity contribution in [2.24, 2.45) is 0 Å². The second-order valence-corrected chi connectivity index (χ2v) is 4.29. The van der Waals surface area contributed by atoms with Crippen LogP contribution in [0.3, 0.4) is 0 Å². The molecule has 0 atom stereocenters. The Bertz CT molecular complexity index is 600. The number of benzene rings is 1. The molecule has 0 aliphatic heterocycles. The number of carbonyl (C=O) groups is 1. The number of nitrogens with zero attached hydrogens (tertiary/aromatic N) is 2. The predicted octanol–water partition coefficient (Wildman–Crippen LogP) is 2.89. The Morgan fingerprint density at radius 1 is 1.33 bits per heavy atom. The van der Waals surface area contributed by atoms with Crippen molar-refractivity contribution in [2.45, 2.75) is 27.3 Å². The summed E-state index contributed by atoms with van der Waals surface area (Å²) < 4.78 is 1.93. The lowest BCUT2D eigenvalue weighted by molar-refractivity contribution is 0.0697. The van der Waals surface area contributed by atoms with Crippen LogP contribution >= 0.6 is 0 Å². The molecule has 1 heterocycles. The molecule has 94 valence electrons. The Kier molecular flexibility index (Phi) is 3.19. The number of aryl methyl sites for hydroxylation is 2. The van der Waals surface area contributed by atoms with Gasteiger partial charge in [-0.15, -0.1) is 0 Å². The number of aromatic nitrogens is 2. The van der Waals surface area contributed by atoms with Gasteiger partial charge in [0.15, 0.2) is 0 Å². The van der Waals surface area contributed by atoms with E-state index in [1.807, 2.05) is 37.7 Å². The first-order chi connectivity index (χ1) is 8.54. The maximum absolute atomic E-state index is 10.9. The molecule has 0 aliphatic rings. The molecule has 2 rings (SSSR count). The van der Waals surface area contributed by atoms with E-state index in [0.29, 0.717) is 5.56 Å². The summed E-state index contributed by atoms with van der Waals surface area (Å²) >= 11 is 0. The van der Waals surface area contributed by atoms with Crippen LogP contribution in [0.4, 0.5) is 0 Å². The number of hydrogen-bond acceptors (Lipinski definition) is 2. The molecule has 0 saturated heterocycles. The van der Waals surface area contributed by atoms with Gasteiger partial charge in [-0.05, 0) is 44.0 Å². The van der Waals surface area contributed by atoms with Gasteiger partial charge in [0.2, 0.25) is 0 Å². The molecule has 0 fully saturated rings. The average molecular weight is 244 g/mol. The van der Waals surface area contributed by atoms with Gasteiger partial charge in [0.1, 0.15) is 0 Å². The molecule has 0 spiro atoms. The monoisotopic (exact) mass is 244 g/mol. The summed E-state index contributed by atoms with van der Waals surface area (Å²) in [5, 5.41) is 13.3. The van der Waals surface area contributed by atoms with Crippen molar-refractivity contribution in [3.63, 3.8) is 0 Å². The topological polar surface area (TPSA) is 55.1 Å². The molecule has 0 bridgehead atoms. The normalized spacial score (nSPS) is 10.6. The van der Waals surface area contributed by atoms with Gasteiger partial charge in [0.25, 0.3) is 0 Å². The van der Waals surface area contributed by atoms with E-state index in [2.05, 4.69) is 5.10 Å². The molecule has 0 radical (unpaired) electrons. The molecule has 1 aromatic heterocycles. The van der Waals surface area contributed by atoms with Crippen LogP contribution in [-0.4, -0.2) is 20.9 Å². The maximum Gasteiger partial charge on any atom is 0.335 e. The Morgan fingerprint density at radius 3 is 2.56 bits per heavy atom. The maximum atomic E-state index is 10.9. The lowest BCUT2D eigenvalue weighted by Gasteiger charge is -2.07. The van der Waals surface area contributed by atoms with E-state index in [9.17, 15) is 4.79 Å². The SMILES string of the molecule is CCn1ncc(-c2ccc(C(=O)O)cc2C)c1C. The third-order valence-electron chi connectivity index (χ3n) is 3.17. The Hall–Kier alpha value is -2.10. The van der Waals surface area contributed by atoms with Crippen molar-refractivity contribution in [1.29, 1.82) is 0 Å². The molecule has 18 heavy (non-hydrogen) atoms. The molecule has 0 amide bonds. The van der Waals surface area contributed by atoms with Crippen LogP contribution in [0, 0.1) is 13.8 Å². The highest BCUT2D eigenvalue weighted by atomic mass is 16.4. The summed E-state index contributed by atoms with van der Waals surface area (Å²) in [5.41, 5.74) is 4.47. The van der Waals surface area contributed by atoms with Crippen LogP contribution < -0.4 is 0 Å². The van der Waals surface area contributed by atoms with Gasteiger partial charge >= 0.3 is 5.97 Å². The smallest absolute Gasteiger partial charge is 0.335 e. The van der Waals surface area contributed by atoms with E-state index in [1.165, 1.54) is 0 Å². The van der Waals surface area contributed by atoms with Crippen LogP contribution in [-0.2, 0) is 6.54 Å². The lowest BCUT2D eigenvalue weighted by Crippen LogP contribution is -1.99. The zero-order valence-corrected chi connectivity index (χ0v) is 10.8. The number of aromatic carboxylic acids is 1. The summed E-state index contributed by atoms with van der Waals surface area (Å²) in [6.45, 7) is 6.82. The Morgan fingerprint density at radius 2 is 2.06 bits per heavy atom. The van der Waals surface area contributed by atoms with Gasteiger partial charge in [-0.25, -0.2) is 4.79 Å². The van der Waals surface area contributed by atoms with E-state index in [0.717, 1.165) is 28.9 Å². The number of rotatable bonds is 3. The first-order valence-electron chi connectivity index (χ1n) is 5.91. The molecule has 4 heteroatoms. The second kappa shape index (κ2) is 4.64. The van der Waals surface area contributed by atoms with Gasteiger partial charge in [-0.2, -0.15) is 5.10 Å². The van der Waals surface area contributed by atoms with Crippen molar-refractivity contribution in [3.05, 3.63) is 41.2 Å². The fourth-order valence-electron chi connectivity index (χ4n) is 2.13. The minimum Gasteiger partial charge on any atom is -0.478 e. The van der Waals surface area contributed by atoms with Crippen LogP contribution in [0.15, 0.2) is 24.4 Å². The zero-order valence-electron chi connectivity index (χ0n) is 10.8. The zero-order chi connectivity index (χ0) is 13.3.